The molecule has 0 saturated carbocycles. The maximum Gasteiger partial charge on any atom is 0.193 e. The zero-order chi connectivity index (χ0) is 15.6. The van der Waals surface area contributed by atoms with Gasteiger partial charge in [0, 0.05) is 38.8 Å². The SMILES string of the molecule is C=CCCCN(C)C(=NCC1(CO)CCOCC1)NCC. The van der Waals surface area contributed by atoms with Crippen molar-refractivity contribution in [2.24, 2.45) is 10.4 Å². The van der Waals surface area contributed by atoms with E-state index in [2.05, 4.69) is 30.8 Å². The van der Waals surface area contributed by atoms with E-state index in [1.807, 2.05) is 6.08 Å². The van der Waals surface area contributed by atoms with Gasteiger partial charge in [0.2, 0.25) is 0 Å². The summed E-state index contributed by atoms with van der Waals surface area (Å²) in [4.78, 5) is 6.90. The Hall–Kier alpha value is -1.07. The molecule has 122 valence electrons. The summed E-state index contributed by atoms with van der Waals surface area (Å²) in [5.41, 5.74) is -0.110. The van der Waals surface area contributed by atoms with Crippen molar-refractivity contribution in [1.82, 2.24) is 10.2 Å². The molecule has 0 atom stereocenters. The van der Waals surface area contributed by atoms with Crippen molar-refractivity contribution < 1.29 is 9.84 Å². The molecule has 0 bridgehead atoms. The first kappa shape index (κ1) is 18.0. The Balaban J connectivity index is 2.62. The average molecular weight is 297 g/mol. The number of unbranched alkanes of at least 4 members (excludes halogenated alkanes) is 1. The van der Waals surface area contributed by atoms with E-state index in [4.69, 9.17) is 9.73 Å². The summed E-state index contributed by atoms with van der Waals surface area (Å²) in [6.45, 7) is 9.91. The smallest absolute Gasteiger partial charge is 0.193 e. The molecule has 0 unspecified atom stereocenters. The number of aliphatic hydroxyl groups is 1. The maximum atomic E-state index is 9.73. The van der Waals surface area contributed by atoms with E-state index in [1.165, 1.54) is 0 Å². The highest BCUT2D eigenvalue weighted by Gasteiger charge is 2.32. The van der Waals surface area contributed by atoms with Crippen LogP contribution in [-0.2, 0) is 4.74 Å². The minimum absolute atomic E-state index is 0.110. The Morgan fingerprint density at radius 1 is 1.48 bits per heavy atom. The van der Waals surface area contributed by atoms with Gasteiger partial charge in [0.15, 0.2) is 5.96 Å². The first-order chi connectivity index (χ1) is 10.2. The third-order valence-corrected chi connectivity index (χ3v) is 4.05. The molecule has 5 nitrogen and oxygen atoms in total. The van der Waals surface area contributed by atoms with Gasteiger partial charge >= 0.3 is 0 Å². The Kier molecular flexibility index (Phi) is 8.38. The number of rotatable bonds is 8. The number of aliphatic imine (C=N–C) groups is 1. The lowest BCUT2D eigenvalue weighted by Crippen LogP contribution is -2.42. The fraction of sp³-hybridized carbons (Fsp3) is 0.812. The van der Waals surface area contributed by atoms with Crippen molar-refractivity contribution in [2.45, 2.75) is 32.6 Å². The maximum absolute atomic E-state index is 9.73. The van der Waals surface area contributed by atoms with Crippen LogP contribution in [-0.4, -0.2) is 62.5 Å². The standard InChI is InChI=1S/C16H31N3O2/c1-4-6-7-10-19(3)15(17-5-2)18-13-16(14-20)8-11-21-12-9-16/h4,20H,1,5-14H2,2-3H3,(H,17,18). The predicted octanol–water partition coefficient (Wildman–Crippen LogP) is 1.64. The molecule has 5 heteroatoms. The zero-order valence-electron chi connectivity index (χ0n) is 13.6. The number of hydrogen-bond donors (Lipinski definition) is 2. The summed E-state index contributed by atoms with van der Waals surface area (Å²) in [7, 11) is 2.06. The van der Waals surface area contributed by atoms with E-state index in [0.29, 0.717) is 6.54 Å². The fourth-order valence-electron chi connectivity index (χ4n) is 2.46. The Labute approximate surface area is 129 Å². The quantitative estimate of drug-likeness (QED) is 0.309. The van der Waals surface area contributed by atoms with Crippen molar-refractivity contribution in [3.8, 4) is 0 Å². The molecule has 1 aliphatic heterocycles. The van der Waals surface area contributed by atoms with Crippen molar-refractivity contribution in [3.63, 3.8) is 0 Å². The van der Waals surface area contributed by atoms with Crippen LogP contribution in [0.5, 0.6) is 0 Å². The van der Waals surface area contributed by atoms with Crippen LogP contribution >= 0.6 is 0 Å². The molecule has 1 heterocycles. The van der Waals surface area contributed by atoms with Crippen LogP contribution in [0.25, 0.3) is 0 Å². The first-order valence-electron chi connectivity index (χ1n) is 7.96. The van der Waals surface area contributed by atoms with Crippen molar-refractivity contribution in [3.05, 3.63) is 12.7 Å². The number of ether oxygens (including phenoxy) is 1. The van der Waals surface area contributed by atoms with Gasteiger partial charge in [-0.15, -0.1) is 6.58 Å². The normalized spacial score (nSPS) is 18.3. The molecule has 0 aromatic heterocycles. The highest BCUT2D eigenvalue weighted by Crippen LogP contribution is 2.30. The molecule has 0 amide bonds. The predicted molar refractivity (Wildman–Crippen MR) is 87.6 cm³/mol. The minimum Gasteiger partial charge on any atom is -0.396 e. The van der Waals surface area contributed by atoms with Crippen LogP contribution < -0.4 is 5.32 Å². The lowest BCUT2D eigenvalue weighted by molar-refractivity contribution is -0.0107. The molecule has 0 spiro atoms. The number of allylic oxidation sites excluding steroid dienone is 1. The van der Waals surface area contributed by atoms with E-state index < -0.39 is 0 Å². The summed E-state index contributed by atoms with van der Waals surface area (Å²) in [6, 6.07) is 0. The van der Waals surface area contributed by atoms with Gasteiger partial charge in [0.1, 0.15) is 0 Å². The van der Waals surface area contributed by atoms with Gasteiger partial charge in [-0.25, -0.2) is 0 Å². The van der Waals surface area contributed by atoms with Gasteiger partial charge in [-0.1, -0.05) is 6.08 Å². The van der Waals surface area contributed by atoms with Gasteiger partial charge in [-0.2, -0.15) is 0 Å². The summed E-state index contributed by atoms with van der Waals surface area (Å²) < 4.78 is 5.40. The molecule has 1 aliphatic rings. The molecule has 2 N–H and O–H groups in total. The van der Waals surface area contributed by atoms with Crippen molar-refractivity contribution in [2.75, 3.05) is 46.5 Å². The van der Waals surface area contributed by atoms with Crippen molar-refractivity contribution in [1.29, 1.82) is 0 Å². The van der Waals surface area contributed by atoms with Gasteiger partial charge in [0.05, 0.1) is 13.2 Å². The van der Waals surface area contributed by atoms with Gasteiger partial charge in [0.25, 0.3) is 0 Å². The van der Waals surface area contributed by atoms with Crippen LogP contribution in [0.1, 0.15) is 32.6 Å². The second-order valence-corrected chi connectivity index (χ2v) is 5.79. The van der Waals surface area contributed by atoms with E-state index in [9.17, 15) is 5.11 Å². The number of guanidine groups is 1. The third kappa shape index (κ3) is 6.06. The number of nitrogens with zero attached hydrogens (tertiary/aromatic N) is 2. The summed E-state index contributed by atoms with van der Waals surface area (Å²) in [6.07, 6.45) is 5.80. The monoisotopic (exact) mass is 297 g/mol. The lowest BCUT2D eigenvalue weighted by Gasteiger charge is -2.34. The summed E-state index contributed by atoms with van der Waals surface area (Å²) in [5, 5.41) is 13.1. The second-order valence-electron chi connectivity index (χ2n) is 5.79. The van der Waals surface area contributed by atoms with Crippen LogP contribution in [0.3, 0.4) is 0 Å². The number of nitrogens with one attached hydrogen (secondary N) is 1. The fourth-order valence-corrected chi connectivity index (χ4v) is 2.46. The first-order valence-corrected chi connectivity index (χ1v) is 7.96. The third-order valence-electron chi connectivity index (χ3n) is 4.05. The van der Waals surface area contributed by atoms with Crippen molar-refractivity contribution >= 4 is 5.96 Å². The summed E-state index contributed by atoms with van der Waals surface area (Å²) >= 11 is 0. The van der Waals surface area contributed by atoms with Gasteiger partial charge < -0.3 is 20.1 Å². The molecule has 0 aromatic carbocycles. The Morgan fingerprint density at radius 2 is 2.19 bits per heavy atom. The van der Waals surface area contributed by atoms with Crippen LogP contribution in [0, 0.1) is 5.41 Å². The largest absolute Gasteiger partial charge is 0.396 e. The zero-order valence-corrected chi connectivity index (χ0v) is 13.6. The van der Waals surface area contributed by atoms with E-state index in [1.54, 1.807) is 0 Å². The number of aliphatic hydroxyl groups excluding tert-OH is 1. The molecule has 1 rings (SSSR count). The molecule has 1 fully saturated rings. The summed E-state index contributed by atoms with van der Waals surface area (Å²) in [5.74, 6) is 0.917. The Morgan fingerprint density at radius 3 is 2.76 bits per heavy atom. The molecular formula is C16H31N3O2. The minimum atomic E-state index is -0.110. The van der Waals surface area contributed by atoms with E-state index >= 15 is 0 Å². The van der Waals surface area contributed by atoms with Crippen LogP contribution in [0.4, 0.5) is 0 Å². The molecule has 21 heavy (non-hydrogen) atoms. The van der Waals surface area contributed by atoms with E-state index in [0.717, 1.165) is 57.9 Å². The molecule has 1 saturated heterocycles. The number of hydrogen-bond acceptors (Lipinski definition) is 3. The van der Waals surface area contributed by atoms with Crippen LogP contribution in [0.2, 0.25) is 0 Å². The highest BCUT2D eigenvalue weighted by molar-refractivity contribution is 5.79. The van der Waals surface area contributed by atoms with Gasteiger partial charge in [-0.05, 0) is 32.6 Å². The molecule has 0 aliphatic carbocycles. The topological polar surface area (TPSA) is 57.1 Å². The lowest BCUT2D eigenvalue weighted by atomic mass is 9.81. The highest BCUT2D eigenvalue weighted by atomic mass is 16.5. The Bertz CT molecular complexity index is 325. The van der Waals surface area contributed by atoms with Crippen LogP contribution in [0.15, 0.2) is 17.6 Å². The van der Waals surface area contributed by atoms with Gasteiger partial charge in [-0.3, -0.25) is 4.99 Å². The molecular weight excluding hydrogens is 266 g/mol. The average Bonchev–Trinajstić information content (AvgIpc) is 2.52. The molecule has 0 radical (unpaired) electrons. The molecule has 0 aromatic rings. The second kappa shape index (κ2) is 9.79. The van der Waals surface area contributed by atoms with E-state index in [-0.39, 0.29) is 12.0 Å².